The Balaban J connectivity index is 2.37. The molecule has 0 bridgehead atoms. The number of hydrogen-bond acceptors (Lipinski definition) is 3. The predicted octanol–water partition coefficient (Wildman–Crippen LogP) is 3.76. The number of nitrogens with zero attached hydrogens (tertiary/aromatic N) is 1. The van der Waals surface area contributed by atoms with Gasteiger partial charge in [0.2, 0.25) is 0 Å². The predicted molar refractivity (Wildman–Crippen MR) is 75.5 cm³/mol. The Morgan fingerprint density at radius 3 is 2.68 bits per heavy atom. The van der Waals surface area contributed by atoms with Crippen LogP contribution in [0.4, 0.5) is 11.4 Å². The number of carboxylic acid groups (broad SMARTS) is 1. The molecule has 2 N–H and O–H groups in total. The lowest BCUT2D eigenvalue weighted by Crippen LogP contribution is -2.00. The molecule has 0 aromatic heterocycles. The Labute approximate surface area is 118 Å². The highest BCUT2D eigenvalue weighted by Gasteiger charge is 2.09. The minimum atomic E-state index is -1.01. The van der Waals surface area contributed by atoms with Crippen LogP contribution in [-0.2, 0) is 0 Å². The average Bonchev–Trinajstić information content (AvgIpc) is 2.41. The van der Waals surface area contributed by atoms with Crippen molar-refractivity contribution in [3.8, 4) is 6.07 Å². The molecule has 19 heavy (non-hydrogen) atoms. The van der Waals surface area contributed by atoms with Crippen molar-refractivity contribution in [2.24, 2.45) is 0 Å². The van der Waals surface area contributed by atoms with Crippen LogP contribution in [0.15, 0.2) is 46.9 Å². The molecule has 0 unspecified atom stereocenters. The summed E-state index contributed by atoms with van der Waals surface area (Å²) in [6.45, 7) is 0. The topological polar surface area (TPSA) is 73.1 Å². The second-order valence-corrected chi connectivity index (χ2v) is 4.64. The smallest absolute Gasteiger partial charge is 0.336 e. The van der Waals surface area contributed by atoms with Gasteiger partial charge in [0.05, 0.1) is 16.8 Å². The SMILES string of the molecule is N#Cc1ccccc1Nc1ccc(Br)c(C(=O)O)c1. The van der Waals surface area contributed by atoms with Gasteiger partial charge in [-0.2, -0.15) is 5.26 Å². The van der Waals surface area contributed by atoms with Gasteiger partial charge in [-0.3, -0.25) is 0 Å². The molecule has 0 saturated carbocycles. The Morgan fingerprint density at radius 1 is 1.26 bits per heavy atom. The fourth-order valence-corrected chi connectivity index (χ4v) is 2.03. The van der Waals surface area contributed by atoms with E-state index in [2.05, 4.69) is 27.3 Å². The number of aromatic carboxylic acids is 1. The van der Waals surface area contributed by atoms with Crippen LogP contribution in [0.2, 0.25) is 0 Å². The molecule has 0 aliphatic carbocycles. The average molecular weight is 317 g/mol. The van der Waals surface area contributed by atoms with Gasteiger partial charge in [-0.25, -0.2) is 4.79 Å². The lowest BCUT2D eigenvalue weighted by Gasteiger charge is -2.09. The molecule has 0 spiro atoms. The summed E-state index contributed by atoms with van der Waals surface area (Å²) in [6, 6.07) is 14.0. The number of anilines is 2. The van der Waals surface area contributed by atoms with Crippen LogP contribution in [0.1, 0.15) is 15.9 Å². The van der Waals surface area contributed by atoms with Gasteiger partial charge in [0.1, 0.15) is 6.07 Å². The molecule has 2 rings (SSSR count). The van der Waals surface area contributed by atoms with Crippen molar-refractivity contribution < 1.29 is 9.90 Å². The summed E-state index contributed by atoms with van der Waals surface area (Å²) >= 11 is 3.18. The fraction of sp³-hybridized carbons (Fsp3) is 0. The first-order chi connectivity index (χ1) is 9.11. The maximum absolute atomic E-state index is 11.0. The summed E-state index contributed by atoms with van der Waals surface area (Å²) in [5.41, 5.74) is 1.92. The highest BCUT2D eigenvalue weighted by Crippen LogP contribution is 2.25. The molecule has 2 aromatic rings. The van der Waals surface area contributed by atoms with Crippen LogP contribution in [0, 0.1) is 11.3 Å². The Bertz CT molecular complexity index is 677. The van der Waals surface area contributed by atoms with E-state index in [1.54, 1.807) is 36.4 Å². The summed E-state index contributed by atoms with van der Waals surface area (Å²) in [5, 5.41) is 21.1. The molecular formula is C14H9BrN2O2. The minimum absolute atomic E-state index is 0.166. The summed E-state index contributed by atoms with van der Waals surface area (Å²) in [6.07, 6.45) is 0. The highest BCUT2D eigenvalue weighted by molar-refractivity contribution is 9.10. The van der Waals surface area contributed by atoms with Crippen molar-refractivity contribution in [3.05, 3.63) is 58.1 Å². The van der Waals surface area contributed by atoms with Gasteiger partial charge in [0.15, 0.2) is 0 Å². The maximum Gasteiger partial charge on any atom is 0.336 e. The monoisotopic (exact) mass is 316 g/mol. The van der Waals surface area contributed by atoms with E-state index in [-0.39, 0.29) is 5.56 Å². The van der Waals surface area contributed by atoms with Gasteiger partial charge in [-0.1, -0.05) is 12.1 Å². The Kier molecular flexibility index (Phi) is 3.83. The number of para-hydroxylation sites is 1. The van der Waals surface area contributed by atoms with E-state index >= 15 is 0 Å². The number of rotatable bonds is 3. The summed E-state index contributed by atoms with van der Waals surface area (Å²) in [4.78, 5) is 11.0. The second-order valence-electron chi connectivity index (χ2n) is 3.78. The molecule has 2 aromatic carbocycles. The zero-order valence-corrected chi connectivity index (χ0v) is 11.3. The van der Waals surface area contributed by atoms with Gasteiger partial charge in [0.25, 0.3) is 0 Å². The molecular weight excluding hydrogens is 308 g/mol. The Morgan fingerprint density at radius 2 is 2.00 bits per heavy atom. The van der Waals surface area contributed by atoms with Gasteiger partial charge in [0, 0.05) is 10.2 Å². The molecule has 0 heterocycles. The lowest BCUT2D eigenvalue weighted by atomic mass is 10.1. The fourth-order valence-electron chi connectivity index (χ4n) is 1.61. The van der Waals surface area contributed by atoms with Gasteiger partial charge >= 0.3 is 5.97 Å². The number of nitrogens with one attached hydrogen (secondary N) is 1. The third-order valence-electron chi connectivity index (χ3n) is 2.52. The maximum atomic E-state index is 11.0. The van der Waals surface area contributed by atoms with Crippen molar-refractivity contribution >= 4 is 33.3 Å². The van der Waals surface area contributed by atoms with E-state index in [0.717, 1.165) is 0 Å². The molecule has 0 amide bonds. The highest BCUT2D eigenvalue weighted by atomic mass is 79.9. The van der Waals surface area contributed by atoms with Crippen LogP contribution in [-0.4, -0.2) is 11.1 Å². The molecule has 4 nitrogen and oxygen atoms in total. The normalized spacial score (nSPS) is 9.68. The van der Waals surface area contributed by atoms with Gasteiger partial charge < -0.3 is 10.4 Å². The third kappa shape index (κ3) is 2.92. The summed E-state index contributed by atoms with van der Waals surface area (Å²) in [5.74, 6) is -1.01. The first-order valence-corrected chi connectivity index (χ1v) is 6.20. The number of hydrogen-bond donors (Lipinski definition) is 2. The number of halogens is 1. The third-order valence-corrected chi connectivity index (χ3v) is 3.21. The Hall–Kier alpha value is -2.32. The molecule has 0 aliphatic rings. The molecule has 0 radical (unpaired) electrons. The molecule has 0 atom stereocenters. The molecule has 0 fully saturated rings. The van der Waals surface area contributed by atoms with E-state index < -0.39 is 5.97 Å². The largest absolute Gasteiger partial charge is 0.478 e. The summed E-state index contributed by atoms with van der Waals surface area (Å²) < 4.78 is 0.513. The van der Waals surface area contributed by atoms with Crippen molar-refractivity contribution in [2.45, 2.75) is 0 Å². The number of carboxylic acids is 1. The van der Waals surface area contributed by atoms with Gasteiger partial charge in [-0.15, -0.1) is 0 Å². The standard InChI is InChI=1S/C14H9BrN2O2/c15-12-6-5-10(7-11(12)14(18)19)17-13-4-2-1-3-9(13)8-16/h1-7,17H,(H,18,19). The van der Waals surface area contributed by atoms with E-state index in [4.69, 9.17) is 10.4 Å². The number of nitriles is 1. The van der Waals surface area contributed by atoms with Crippen LogP contribution in [0.3, 0.4) is 0 Å². The van der Waals surface area contributed by atoms with Gasteiger partial charge in [-0.05, 0) is 46.3 Å². The quantitative estimate of drug-likeness (QED) is 0.904. The zero-order chi connectivity index (χ0) is 13.8. The van der Waals surface area contributed by atoms with E-state index in [9.17, 15) is 4.79 Å². The number of benzene rings is 2. The van der Waals surface area contributed by atoms with Crippen molar-refractivity contribution in [2.75, 3.05) is 5.32 Å². The van der Waals surface area contributed by atoms with Crippen molar-refractivity contribution in [1.29, 1.82) is 5.26 Å². The summed E-state index contributed by atoms with van der Waals surface area (Å²) in [7, 11) is 0. The second kappa shape index (κ2) is 5.55. The lowest BCUT2D eigenvalue weighted by molar-refractivity contribution is 0.0696. The van der Waals surface area contributed by atoms with Crippen LogP contribution in [0.5, 0.6) is 0 Å². The van der Waals surface area contributed by atoms with E-state index in [0.29, 0.717) is 21.4 Å². The minimum Gasteiger partial charge on any atom is -0.478 e. The van der Waals surface area contributed by atoms with Crippen molar-refractivity contribution in [1.82, 2.24) is 0 Å². The van der Waals surface area contributed by atoms with E-state index in [1.165, 1.54) is 6.07 Å². The first-order valence-electron chi connectivity index (χ1n) is 5.41. The van der Waals surface area contributed by atoms with E-state index in [1.807, 2.05) is 0 Å². The number of carbonyl (C=O) groups is 1. The molecule has 5 heteroatoms. The molecule has 0 aliphatic heterocycles. The van der Waals surface area contributed by atoms with Crippen molar-refractivity contribution in [3.63, 3.8) is 0 Å². The van der Waals surface area contributed by atoms with Crippen LogP contribution >= 0.6 is 15.9 Å². The zero-order valence-electron chi connectivity index (χ0n) is 9.72. The van der Waals surface area contributed by atoms with Crippen LogP contribution < -0.4 is 5.32 Å². The van der Waals surface area contributed by atoms with Crippen LogP contribution in [0.25, 0.3) is 0 Å². The molecule has 94 valence electrons. The first kappa shape index (κ1) is 13.1. The molecule has 0 saturated heterocycles.